The fourth-order valence-corrected chi connectivity index (χ4v) is 2.98. The summed E-state index contributed by atoms with van der Waals surface area (Å²) in [4.78, 5) is 4.44. The second-order valence-electron chi connectivity index (χ2n) is 4.11. The second kappa shape index (κ2) is 5.26. The van der Waals surface area contributed by atoms with Crippen LogP contribution >= 0.6 is 22.9 Å². The molecule has 20 heavy (non-hydrogen) atoms. The first-order valence-electron chi connectivity index (χ1n) is 5.82. The maximum absolute atomic E-state index is 13.3. The minimum absolute atomic E-state index is 0.194. The fourth-order valence-electron chi connectivity index (χ4n) is 1.81. The van der Waals surface area contributed by atoms with Crippen LogP contribution < -0.4 is 10.1 Å². The molecule has 1 heterocycles. The molecule has 0 spiro atoms. The molecule has 1 aromatic heterocycles. The Labute approximate surface area is 124 Å². The van der Waals surface area contributed by atoms with Crippen LogP contribution in [-0.4, -0.2) is 12.1 Å². The lowest BCUT2D eigenvalue weighted by Gasteiger charge is -2.06. The summed E-state index contributed by atoms with van der Waals surface area (Å²) >= 11 is 7.43. The first-order valence-corrected chi connectivity index (χ1v) is 7.02. The van der Waals surface area contributed by atoms with Crippen molar-refractivity contribution in [2.24, 2.45) is 0 Å². The molecular weight excluding hydrogens is 299 g/mol. The van der Waals surface area contributed by atoms with Crippen LogP contribution in [0.25, 0.3) is 10.2 Å². The molecule has 0 amide bonds. The second-order valence-corrected chi connectivity index (χ2v) is 5.57. The van der Waals surface area contributed by atoms with Gasteiger partial charge in [0.05, 0.1) is 17.3 Å². The number of aromatic nitrogens is 1. The highest BCUT2D eigenvalue weighted by Crippen LogP contribution is 2.31. The lowest BCUT2D eigenvalue weighted by molar-refractivity contribution is 0.387. The molecule has 102 valence electrons. The Balaban J connectivity index is 1.92. The van der Waals surface area contributed by atoms with Crippen LogP contribution in [0.2, 0.25) is 5.02 Å². The molecule has 0 saturated carbocycles. The minimum Gasteiger partial charge on any atom is -0.494 e. The maximum Gasteiger partial charge on any atom is 0.188 e. The van der Waals surface area contributed by atoms with E-state index in [1.807, 2.05) is 12.1 Å². The molecule has 3 nitrogen and oxygen atoms in total. The van der Waals surface area contributed by atoms with E-state index >= 15 is 0 Å². The molecule has 0 aliphatic heterocycles. The average molecular weight is 309 g/mol. The Morgan fingerprint density at radius 2 is 2.10 bits per heavy atom. The Kier molecular flexibility index (Phi) is 3.46. The van der Waals surface area contributed by atoms with Crippen LogP contribution in [0.4, 0.5) is 15.2 Å². The number of anilines is 2. The number of fused-ring (bicyclic) bond motifs is 1. The van der Waals surface area contributed by atoms with Gasteiger partial charge in [0.15, 0.2) is 16.7 Å². The van der Waals surface area contributed by atoms with Crippen LogP contribution in [-0.2, 0) is 0 Å². The summed E-state index contributed by atoms with van der Waals surface area (Å²) in [6.07, 6.45) is 0. The van der Waals surface area contributed by atoms with Crippen molar-refractivity contribution in [2.45, 2.75) is 0 Å². The van der Waals surface area contributed by atoms with Gasteiger partial charge in [-0.15, -0.1) is 0 Å². The zero-order chi connectivity index (χ0) is 14.1. The molecule has 0 aliphatic carbocycles. The molecule has 0 bridgehead atoms. The van der Waals surface area contributed by atoms with Crippen LogP contribution in [0.3, 0.4) is 0 Å². The summed E-state index contributed by atoms with van der Waals surface area (Å²) < 4.78 is 19.3. The Hall–Kier alpha value is -1.85. The van der Waals surface area contributed by atoms with E-state index in [2.05, 4.69) is 10.3 Å². The van der Waals surface area contributed by atoms with E-state index in [4.69, 9.17) is 16.3 Å². The van der Waals surface area contributed by atoms with Crippen molar-refractivity contribution in [2.75, 3.05) is 12.4 Å². The van der Waals surface area contributed by atoms with E-state index in [1.165, 1.54) is 24.5 Å². The van der Waals surface area contributed by atoms with Gasteiger partial charge in [0.25, 0.3) is 0 Å². The molecule has 0 unspecified atom stereocenters. The highest BCUT2D eigenvalue weighted by atomic mass is 35.5. The monoisotopic (exact) mass is 308 g/mol. The number of methoxy groups -OCH3 is 1. The highest BCUT2D eigenvalue weighted by molar-refractivity contribution is 7.22. The molecule has 2 aromatic carbocycles. The van der Waals surface area contributed by atoms with E-state index in [-0.39, 0.29) is 5.75 Å². The molecule has 0 aliphatic rings. The Bertz CT molecular complexity index is 775. The first kappa shape index (κ1) is 13.1. The average Bonchev–Trinajstić information content (AvgIpc) is 2.82. The van der Waals surface area contributed by atoms with Gasteiger partial charge in [0.2, 0.25) is 0 Å². The fraction of sp³-hybridized carbons (Fsp3) is 0.0714. The number of hydrogen-bond donors (Lipinski definition) is 1. The summed E-state index contributed by atoms with van der Waals surface area (Å²) in [5.41, 5.74) is 1.59. The molecule has 3 rings (SSSR count). The predicted octanol–water partition coefficient (Wildman–Crippen LogP) is 4.84. The number of ether oxygens (including phenoxy) is 1. The molecule has 3 aromatic rings. The van der Waals surface area contributed by atoms with Crippen LogP contribution in [0, 0.1) is 5.82 Å². The van der Waals surface area contributed by atoms with Gasteiger partial charge in [-0.25, -0.2) is 9.37 Å². The third-order valence-electron chi connectivity index (χ3n) is 2.75. The lowest BCUT2D eigenvalue weighted by Crippen LogP contribution is -1.92. The lowest BCUT2D eigenvalue weighted by atomic mass is 10.3. The van der Waals surface area contributed by atoms with Crippen molar-refractivity contribution in [3.8, 4) is 5.75 Å². The number of halogens is 2. The summed E-state index contributed by atoms with van der Waals surface area (Å²) in [7, 11) is 1.43. The van der Waals surface area contributed by atoms with E-state index in [0.29, 0.717) is 10.7 Å². The van der Waals surface area contributed by atoms with Crippen LogP contribution in [0.1, 0.15) is 0 Å². The van der Waals surface area contributed by atoms with Gasteiger partial charge in [-0.3, -0.25) is 0 Å². The van der Waals surface area contributed by atoms with Gasteiger partial charge in [-0.05, 0) is 30.3 Å². The third kappa shape index (κ3) is 2.55. The minimum atomic E-state index is -0.394. The smallest absolute Gasteiger partial charge is 0.188 e. The van der Waals surface area contributed by atoms with Crippen LogP contribution in [0.5, 0.6) is 5.75 Å². The van der Waals surface area contributed by atoms with Gasteiger partial charge >= 0.3 is 0 Å². The van der Waals surface area contributed by atoms with Gasteiger partial charge in [0.1, 0.15) is 0 Å². The maximum atomic E-state index is 13.3. The summed E-state index contributed by atoms with van der Waals surface area (Å²) in [6.45, 7) is 0. The van der Waals surface area contributed by atoms with Gasteiger partial charge < -0.3 is 10.1 Å². The van der Waals surface area contributed by atoms with Crippen molar-refractivity contribution >= 4 is 44.0 Å². The van der Waals surface area contributed by atoms with Crippen molar-refractivity contribution in [1.29, 1.82) is 0 Å². The summed E-state index contributed by atoms with van der Waals surface area (Å²) in [6, 6.07) is 10.1. The molecule has 0 saturated heterocycles. The van der Waals surface area contributed by atoms with Gasteiger partial charge in [0, 0.05) is 16.8 Å². The van der Waals surface area contributed by atoms with Crippen molar-refractivity contribution in [1.82, 2.24) is 4.98 Å². The molecular formula is C14H10ClFN2OS. The normalized spacial score (nSPS) is 10.8. The topological polar surface area (TPSA) is 34.1 Å². The summed E-state index contributed by atoms with van der Waals surface area (Å²) in [5.74, 6) is -0.201. The van der Waals surface area contributed by atoms with Gasteiger partial charge in [-0.2, -0.15) is 0 Å². The van der Waals surface area contributed by atoms with Crippen molar-refractivity contribution < 1.29 is 9.13 Å². The van der Waals surface area contributed by atoms with Crippen LogP contribution in [0.15, 0.2) is 36.4 Å². The standard InChI is InChI=1S/C14H10ClFN2OS/c1-19-12-7-9(3-4-10(12)16)17-14-18-11-5-2-8(15)6-13(11)20-14/h2-7H,1H3,(H,17,18). The number of benzene rings is 2. The zero-order valence-corrected chi connectivity index (χ0v) is 12.1. The number of nitrogens with one attached hydrogen (secondary N) is 1. The number of hydrogen-bond acceptors (Lipinski definition) is 4. The SMILES string of the molecule is COc1cc(Nc2nc3ccc(Cl)cc3s2)ccc1F. The first-order chi connectivity index (χ1) is 9.65. The van der Waals surface area contributed by atoms with Gasteiger partial charge in [-0.1, -0.05) is 22.9 Å². The van der Waals surface area contributed by atoms with E-state index in [9.17, 15) is 4.39 Å². The molecule has 1 N–H and O–H groups in total. The Morgan fingerprint density at radius 3 is 2.90 bits per heavy atom. The summed E-state index contributed by atoms with van der Waals surface area (Å²) in [5, 5.41) is 4.53. The Morgan fingerprint density at radius 1 is 1.25 bits per heavy atom. The number of nitrogens with zero attached hydrogens (tertiary/aromatic N) is 1. The van der Waals surface area contributed by atoms with Crippen molar-refractivity contribution in [3.05, 3.63) is 47.2 Å². The third-order valence-corrected chi connectivity index (χ3v) is 3.92. The number of rotatable bonds is 3. The van der Waals surface area contributed by atoms with E-state index < -0.39 is 5.82 Å². The number of thiazole rings is 1. The predicted molar refractivity (Wildman–Crippen MR) is 80.9 cm³/mol. The molecule has 0 radical (unpaired) electrons. The zero-order valence-electron chi connectivity index (χ0n) is 10.5. The van der Waals surface area contributed by atoms with E-state index in [0.717, 1.165) is 15.3 Å². The molecule has 0 atom stereocenters. The molecule has 6 heteroatoms. The molecule has 0 fully saturated rings. The largest absolute Gasteiger partial charge is 0.494 e. The highest BCUT2D eigenvalue weighted by Gasteiger charge is 2.07. The quantitative estimate of drug-likeness (QED) is 0.751. The van der Waals surface area contributed by atoms with Crippen molar-refractivity contribution in [3.63, 3.8) is 0 Å². The van der Waals surface area contributed by atoms with E-state index in [1.54, 1.807) is 18.2 Å².